The number of aromatic nitrogens is 2. The van der Waals surface area contributed by atoms with Crippen LogP contribution in [-0.4, -0.2) is 21.3 Å². The van der Waals surface area contributed by atoms with Gasteiger partial charge in [0.25, 0.3) is 0 Å². The van der Waals surface area contributed by atoms with Gasteiger partial charge in [-0.1, -0.05) is 32.1 Å². The minimum atomic E-state index is -0.631. The van der Waals surface area contributed by atoms with Gasteiger partial charge in [0.1, 0.15) is 6.10 Å². The van der Waals surface area contributed by atoms with Gasteiger partial charge < -0.3 is 10.8 Å². The second-order valence-corrected chi connectivity index (χ2v) is 4.85. The summed E-state index contributed by atoms with van der Waals surface area (Å²) in [4.78, 5) is 0. The third kappa shape index (κ3) is 2.83. The molecule has 0 radical (unpaired) electrons. The fraction of sp³-hybridized carbons (Fsp3) is 0.750. The van der Waals surface area contributed by atoms with E-state index in [9.17, 15) is 5.11 Å². The van der Waals surface area contributed by atoms with E-state index in [0.29, 0.717) is 11.6 Å². The largest absolute Gasteiger partial charge is 0.385 e. The fourth-order valence-electron chi connectivity index (χ4n) is 2.59. The van der Waals surface area contributed by atoms with Crippen LogP contribution in [0.3, 0.4) is 0 Å². The first-order valence-electron chi connectivity index (χ1n) is 6.20. The van der Waals surface area contributed by atoms with Crippen molar-refractivity contribution in [1.82, 2.24) is 10.2 Å². The molecular formula is C12H21N3O. The van der Waals surface area contributed by atoms with E-state index in [4.69, 9.17) is 5.73 Å². The van der Waals surface area contributed by atoms with Crippen LogP contribution in [-0.2, 0) is 0 Å². The highest BCUT2D eigenvalue weighted by Crippen LogP contribution is 2.29. The summed E-state index contributed by atoms with van der Waals surface area (Å²) in [6, 6.07) is 1.59. The van der Waals surface area contributed by atoms with Gasteiger partial charge in [0.15, 0.2) is 0 Å². The number of hydrogen-bond donors (Lipinski definition) is 3. The maximum atomic E-state index is 10.0. The van der Waals surface area contributed by atoms with Crippen molar-refractivity contribution in [2.75, 3.05) is 0 Å². The number of aliphatic hydroxyl groups is 1. The number of nitrogens with one attached hydrogen (secondary N) is 1. The van der Waals surface area contributed by atoms with Crippen molar-refractivity contribution >= 4 is 0 Å². The van der Waals surface area contributed by atoms with Gasteiger partial charge >= 0.3 is 0 Å². The second-order valence-electron chi connectivity index (χ2n) is 4.85. The van der Waals surface area contributed by atoms with E-state index < -0.39 is 6.10 Å². The Morgan fingerprint density at radius 1 is 1.44 bits per heavy atom. The Bertz CT molecular complexity index is 293. The zero-order valence-electron chi connectivity index (χ0n) is 9.60. The minimum Gasteiger partial charge on any atom is -0.385 e. The van der Waals surface area contributed by atoms with E-state index in [1.54, 1.807) is 12.3 Å². The number of rotatable bonds is 4. The van der Waals surface area contributed by atoms with Crippen molar-refractivity contribution in [3.05, 3.63) is 18.0 Å². The summed E-state index contributed by atoms with van der Waals surface area (Å²) in [6.07, 6.45) is 8.51. The maximum absolute atomic E-state index is 10.0. The molecule has 4 N–H and O–H groups in total. The molecule has 1 aromatic rings. The van der Waals surface area contributed by atoms with E-state index in [-0.39, 0.29) is 6.04 Å². The van der Waals surface area contributed by atoms with E-state index >= 15 is 0 Å². The summed E-state index contributed by atoms with van der Waals surface area (Å²) in [5.74, 6) is 0.692. The van der Waals surface area contributed by atoms with E-state index in [1.807, 2.05) is 0 Å². The van der Waals surface area contributed by atoms with Crippen LogP contribution in [0.5, 0.6) is 0 Å². The Morgan fingerprint density at radius 3 is 2.81 bits per heavy atom. The first-order chi connectivity index (χ1) is 7.77. The molecule has 16 heavy (non-hydrogen) atoms. The molecule has 4 nitrogen and oxygen atoms in total. The lowest BCUT2D eigenvalue weighted by atomic mass is 9.83. The van der Waals surface area contributed by atoms with Crippen LogP contribution in [0.4, 0.5) is 0 Å². The Balaban J connectivity index is 1.84. The molecule has 0 saturated heterocycles. The molecule has 0 aliphatic heterocycles. The van der Waals surface area contributed by atoms with Crippen LogP contribution in [0.2, 0.25) is 0 Å². The standard InChI is InChI=1S/C12H21N3O/c13-10(8-9-4-2-1-3-5-9)12(16)11-6-7-14-15-11/h6-7,9-10,12,16H,1-5,8,13H2,(H,14,15). The van der Waals surface area contributed by atoms with Crippen molar-refractivity contribution < 1.29 is 5.11 Å². The third-order valence-corrected chi connectivity index (χ3v) is 3.56. The third-order valence-electron chi connectivity index (χ3n) is 3.56. The zero-order valence-corrected chi connectivity index (χ0v) is 9.60. The average Bonchev–Trinajstić information content (AvgIpc) is 2.83. The molecule has 1 aliphatic carbocycles. The molecular weight excluding hydrogens is 202 g/mol. The fourth-order valence-corrected chi connectivity index (χ4v) is 2.59. The number of aromatic amines is 1. The number of hydrogen-bond acceptors (Lipinski definition) is 3. The van der Waals surface area contributed by atoms with Gasteiger partial charge in [-0.05, 0) is 18.4 Å². The Labute approximate surface area is 96.2 Å². The van der Waals surface area contributed by atoms with Gasteiger partial charge in [-0.2, -0.15) is 5.10 Å². The predicted octanol–water partition coefficient (Wildman–Crippen LogP) is 1.74. The molecule has 0 spiro atoms. The Morgan fingerprint density at radius 2 is 2.19 bits per heavy atom. The van der Waals surface area contributed by atoms with Crippen molar-refractivity contribution in [1.29, 1.82) is 0 Å². The Hall–Kier alpha value is -0.870. The van der Waals surface area contributed by atoms with Crippen molar-refractivity contribution in [3.63, 3.8) is 0 Å². The predicted molar refractivity (Wildman–Crippen MR) is 62.7 cm³/mol. The molecule has 1 saturated carbocycles. The van der Waals surface area contributed by atoms with Crippen LogP contribution >= 0.6 is 0 Å². The molecule has 0 amide bonds. The molecule has 2 rings (SSSR count). The molecule has 2 unspecified atom stereocenters. The van der Waals surface area contributed by atoms with Crippen molar-refractivity contribution in [2.45, 2.75) is 50.7 Å². The first-order valence-corrected chi connectivity index (χ1v) is 6.20. The van der Waals surface area contributed by atoms with E-state index in [2.05, 4.69) is 10.2 Å². The lowest BCUT2D eigenvalue weighted by molar-refractivity contribution is 0.124. The van der Waals surface area contributed by atoms with Gasteiger partial charge in [-0.25, -0.2) is 0 Å². The van der Waals surface area contributed by atoms with E-state index in [1.165, 1.54) is 32.1 Å². The molecule has 2 atom stereocenters. The smallest absolute Gasteiger partial charge is 0.113 e. The highest BCUT2D eigenvalue weighted by molar-refractivity contribution is 5.04. The molecule has 4 heteroatoms. The molecule has 90 valence electrons. The lowest BCUT2D eigenvalue weighted by Crippen LogP contribution is -2.31. The van der Waals surface area contributed by atoms with Crippen LogP contribution in [0.1, 0.15) is 50.3 Å². The molecule has 1 aliphatic rings. The summed E-state index contributed by atoms with van der Waals surface area (Å²) in [7, 11) is 0. The summed E-state index contributed by atoms with van der Waals surface area (Å²) in [5, 5.41) is 16.7. The minimum absolute atomic E-state index is 0.189. The molecule has 0 aromatic carbocycles. The van der Waals surface area contributed by atoms with Gasteiger partial charge in [-0.3, -0.25) is 5.10 Å². The maximum Gasteiger partial charge on any atom is 0.113 e. The Kier molecular flexibility index (Phi) is 3.96. The molecule has 1 aromatic heterocycles. The quantitative estimate of drug-likeness (QED) is 0.727. The molecule has 1 heterocycles. The van der Waals surface area contributed by atoms with Gasteiger partial charge in [0.05, 0.1) is 5.69 Å². The normalized spacial score (nSPS) is 21.9. The van der Waals surface area contributed by atoms with Gasteiger partial charge in [0.2, 0.25) is 0 Å². The van der Waals surface area contributed by atoms with E-state index in [0.717, 1.165) is 6.42 Å². The van der Waals surface area contributed by atoms with Crippen LogP contribution < -0.4 is 5.73 Å². The lowest BCUT2D eigenvalue weighted by Gasteiger charge is -2.26. The SMILES string of the molecule is NC(CC1CCCCC1)C(O)c1cc[nH]n1. The van der Waals surface area contributed by atoms with Gasteiger partial charge in [-0.15, -0.1) is 0 Å². The number of aliphatic hydroxyl groups excluding tert-OH is 1. The second kappa shape index (κ2) is 5.46. The summed E-state index contributed by atoms with van der Waals surface area (Å²) >= 11 is 0. The summed E-state index contributed by atoms with van der Waals surface area (Å²) in [5.41, 5.74) is 6.69. The highest BCUT2D eigenvalue weighted by atomic mass is 16.3. The average molecular weight is 223 g/mol. The highest BCUT2D eigenvalue weighted by Gasteiger charge is 2.23. The van der Waals surface area contributed by atoms with Crippen LogP contribution in [0, 0.1) is 5.92 Å². The zero-order chi connectivity index (χ0) is 11.4. The number of H-pyrrole nitrogens is 1. The van der Waals surface area contributed by atoms with Gasteiger partial charge in [0, 0.05) is 12.2 Å². The van der Waals surface area contributed by atoms with Crippen LogP contribution in [0.15, 0.2) is 12.3 Å². The van der Waals surface area contributed by atoms with Crippen LogP contribution in [0.25, 0.3) is 0 Å². The number of nitrogens with zero attached hydrogens (tertiary/aromatic N) is 1. The molecule has 0 bridgehead atoms. The molecule has 1 fully saturated rings. The summed E-state index contributed by atoms with van der Waals surface area (Å²) < 4.78 is 0. The van der Waals surface area contributed by atoms with Crippen molar-refractivity contribution in [3.8, 4) is 0 Å². The topological polar surface area (TPSA) is 74.9 Å². The summed E-state index contributed by atoms with van der Waals surface area (Å²) in [6.45, 7) is 0. The van der Waals surface area contributed by atoms with Crippen molar-refractivity contribution in [2.24, 2.45) is 11.7 Å². The number of nitrogens with two attached hydrogens (primary N) is 1. The first kappa shape index (κ1) is 11.6. The monoisotopic (exact) mass is 223 g/mol.